The van der Waals surface area contributed by atoms with Crippen LogP contribution in [0.2, 0.25) is 0 Å². The SMILES string of the molecule is COc1ccc(-c2c[se]c3sc4ccccc4[n+]23)cc1. The van der Waals surface area contributed by atoms with Crippen molar-refractivity contribution in [1.29, 1.82) is 0 Å². The molecule has 2 heterocycles. The van der Waals surface area contributed by atoms with E-state index in [1.807, 2.05) is 23.5 Å². The van der Waals surface area contributed by atoms with E-state index in [2.05, 4.69) is 45.7 Å². The third-order valence-electron chi connectivity index (χ3n) is 3.38. The summed E-state index contributed by atoms with van der Waals surface area (Å²) in [6, 6.07) is 16.9. The van der Waals surface area contributed by atoms with Crippen molar-refractivity contribution in [2.24, 2.45) is 0 Å². The summed E-state index contributed by atoms with van der Waals surface area (Å²) in [6.45, 7) is 0. The van der Waals surface area contributed by atoms with Gasteiger partial charge in [-0.2, -0.15) is 0 Å². The number of methoxy groups -OCH3 is 1. The van der Waals surface area contributed by atoms with Gasteiger partial charge in [0.2, 0.25) is 0 Å². The average Bonchev–Trinajstić information content (AvgIpc) is 3.06. The van der Waals surface area contributed by atoms with Gasteiger partial charge in [-0.15, -0.1) is 0 Å². The normalized spacial score (nSPS) is 11.2. The molecule has 4 rings (SSSR count). The fourth-order valence-electron chi connectivity index (χ4n) is 2.39. The molecule has 4 heteroatoms. The Morgan fingerprint density at radius 1 is 1.05 bits per heavy atom. The second-order valence-corrected chi connectivity index (χ2v) is 7.93. The molecule has 0 spiro atoms. The van der Waals surface area contributed by atoms with Crippen LogP contribution in [0.15, 0.2) is 53.5 Å². The van der Waals surface area contributed by atoms with Gasteiger partial charge in [-0.05, 0) is 0 Å². The molecule has 0 aliphatic carbocycles. The molecule has 0 amide bonds. The monoisotopic (exact) mass is 346 g/mol. The predicted molar refractivity (Wildman–Crippen MR) is 83.9 cm³/mol. The molecule has 0 fully saturated rings. The fourth-order valence-corrected chi connectivity index (χ4v) is 6.03. The minimum atomic E-state index is 0.430. The first-order chi connectivity index (χ1) is 9.86. The summed E-state index contributed by atoms with van der Waals surface area (Å²) in [7, 11) is 1.70. The van der Waals surface area contributed by atoms with Gasteiger partial charge in [-0.3, -0.25) is 0 Å². The molecule has 0 aliphatic rings. The minimum absolute atomic E-state index is 0.430. The first-order valence-corrected chi connectivity index (χ1v) is 8.98. The average molecular weight is 345 g/mol. The Morgan fingerprint density at radius 2 is 1.85 bits per heavy atom. The Bertz CT molecular complexity index is 892. The number of para-hydroxylation sites is 1. The molecule has 2 aromatic carbocycles. The number of ether oxygens (including phenoxy) is 1. The van der Waals surface area contributed by atoms with Crippen LogP contribution in [0.5, 0.6) is 5.75 Å². The topological polar surface area (TPSA) is 13.3 Å². The van der Waals surface area contributed by atoms with E-state index in [0.29, 0.717) is 14.5 Å². The van der Waals surface area contributed by atoms with Gasteiger partial charge in [0.25, 0.3) is 0 Å². The molecule has 0 atom stereocenters. The maximum absolute atomic E-state index is 5.24. The molecule has 2 aromatic heterocycles. The van der Waals surface area contributed by atoms with Crippen molar-refractivity contribution in [2.75, 3.05) is 7.11 Å². The molecule has 0 radical (unpaired) electrons. The van der Waals surface area contributed by atoms with Gasteiger partial charge in [0.1, 0.15) is 0 Å². The van der Waals surface area contributed by atoms with Gasteiger partial charge in [0.15, 0.2) is 0 Å². The molecule has 0 saturated heterocycles. The number of thiazole rings is 1. The summed E-state index contributed by atoms with van der Waals surface area (Å²) in [5.41, 5.74) is 3.87. The van der Waals surface area contributed by atoms with Crippen LogP contribution in [0.4, 0.5) is 0 Å². The summed E-state index contributed by atoms with van der Waals surface area (Å²) in [5, 5.41) is 0. The molecule has 98 valence electrons. The molecule has 4 aromatic rings. The van der Waals surface area contributed by atoms with E-state index >= 15 is 0 Å². The van der Waals surface area contributed by atoms with Crippen LogP contribution >= 0.6 is 11.3 Å². The number of benzene rings is 2. The fraction of sp³-hybridized carbons (Fsp3) is 0.0625. The van der Waals surface area contributed by atoms with E-state index in [4.69, 9.17) is 4.74 Å². The van der Waals surface area contributed by atoms with Crippen LogP contribution in [0.1, 0.15) is 0 Å². The summed E-state index contributed by atoms with van der Waals surface area (Å²) >= 11 is 2.34. The molecule has 0 bridgehead atoms. The summed E-state index contributed by atoms with van der Waals surface area (Å²) < 4.78 is 10.5. The Balaban J connectivity index is 1.98. The Kier molecular flexibility index (Phi) is 2.88. The van der Waals surface area contributed by atoms with Crippen molar-refractivity contribution in [3.8, 4) is 17.0 Å². The Labute approximate surface area is 126 Å². The Hall–Kier alpha value is -1.61. The maximum atomic E-state index is 5.24. The zero-order valence-electron chi connectivity index (χ0n) is 10.9. The first-order valence-electron chi connectivity index (χ1n) is 6.32. The van der Waals surface area contributed by atoms with Crippen molar-refractivity contribution in [1.82, 2.24) is 0 Å². The van der Waals surface area contributed by atoms with Crippen molar-refractivity contribution >= 4 is 39.8 Å². The number of fused-ring (bicyclic) bond motifs is 3. The molecular weight excluding hydrogens is 333 g/mol. The van der Waals surface area contributed by atoms with Gasteiger partial charge in [0, 0.05) is 0 Å². The van der Waals surface area contributed by atoms with Crippen LogP contribution in [-0.2, 0) is 0 Å². The van der Waals surface area contributed by atoms with E-state index in [1.165, 1.54) is 25.2 Å². The molecule has 0 saturated carbocycles. The van der Waals surface area contributed by atoms with Crippen molar-refractivity contribution in [2.45, 2.75) is 0 Å². The van der Waals surface area contributed by atoms with Gasteiger partial charge < -0.3 is 0 Å². The number of rotatable bonds is 2. The van der Waals surface area contributed by atoms with E-state index in [-0.39, 0.29) is 0 Å². The predicted octanol–water partition coefficient (Wildman–Crippen LogP) is 3.37. The van der Waals surface area contributed by atoms with Crippen LogP contribution in [-0.4, -0.2) is 21.6 Å². The quantitative estimate of drug-likeness (QED) is 0.401. The van der Waals surface area contributed by atoms with Gasteiger partial charge in [-0.25, -0.2) is 0 Å². The molecule has 2 nitrogen and oxygen atoms in total. The number of hydrogen-bond acceptors (Lipinski definition) is 2. The second kappa shape index (κ2) is 4.74. The molecular formula is C16H12NOSSe+. The second-order valence-electron chi connectivity index (χ2n) is 4.52. The molecule has 20 heavy (non-hydrogen) atoms. The van der Waals surface area contributed by atoms with E-state index in [0.717, 1.165) is 5.75 Å². The summed E-state index contributed by atoms with van der Waals surface area (Å²) in [4.78, 5) is 2.37. The third-order valence-corrected chi connectivity index (χ3v) is 6.85. The molecule has 0 N–H and O–H groups in total. The van der Waals surface area contributed by atoms with E-state index < -0.39 is 0 Å². The zero-order valence-corrected chi connectivity index (χ0v) is 13.4. The molecule has 0 unspecified atom stereocenters. The number of nitrogens with zero attached hydrogens (tertiary/aromatic N) is 1. The Morgan fingerprint density at radius 3 is 2.65 bits per heavy atom. The van der Waals surface area contributed by atoms with Crippen LogP contribution in [0, 0.1) is 0 Å². The van der Waals surface area contributed by atoms with Crippen LogP contribution in [0.25, 0.3) is 25.2 Å². The van der Waals surface area contributed by atoms with Crippen LogP contribution < -0.4 is 9.14 Å². The standard InChI is InChI=1S/C16H12NOSSe/c1-18-12-8-6-11(7-9-12)14-10-20-16-17(14)13-4-2-3-5-15(13)19-16/h2-10H,1H3/q+1. The van der Waals surface area contributed by atoms with Crippen molar-refractivity contribution in [3.05, 3.63) is 53.5 Å². The third kappa shape index (κ3) is 1.80. The number of hydrogen-bond donors (Lipinski definition) is 0. The van der Waals surface area contributed by atoms with Gasteiger partial charge in [-0.1, -0.05) is 0 Å². The molecule has 0 aliphatic heterocycles. The van der Waals surface area contributed by atoms with Crippen LogP contribution in [0.3, 0.4) is 0 Å². The van der Waals surface area contributed by atoms with Crippen molar-refractivity contribution in [3.63, 3.8) is 0 Å². The van der Waals surface area contributed by atoms with Gasteiger partial charge >= 0.3 is 126 Å². The first kappa shape index (κ1) is 12.2. The summed E-state index contributed by atoms with van der Waals surface area (Å²) in [6.07, 6.45) is 0. The zero-order chi connectivity index (χ0) is 13.5. The summed E-state index contributed by atoms with van der Waals surface area (Å²) in [5.74, 6) is 0.901. The van der Waals surface area contributed by atoms with E-state index in [1.54, 1.807) is 7.11 Å². The van der Waals surface area contributed by atoms with Gasteiger partial charge in [0.05, 0.1) is 0 Å². The number of aromatic nitrogens is 1. The van der Waals surface area contributed by atoms with E-state index in [9.17, 15) is 0 Å². The van der Waals surface area contributed by atoms with Crippen molar-refractivity contribution < 1.29 is 9.14 Å².